The fourth-order valence-electron chi connectivity index (χ4n) is 2.21. The molecule has 0 saturated heterocycles. The molecule has 8 heteroatoms. The third kappa shape index (κ3) is 2.14. The van der Waals surface area contributed by atoms with Crippen molar-refractivity contribution in [3.05, 3.63) is 39.6 Å². The highest BCUT2D eigenvalue weighted by atomic mass is 16.5. The molecule has 2 aromatic rings. The zero-order valence-corrected chi connectivity index (χ0v) is 10.9. The third-order valence-electron chi connectivity index (χ3n) is 3.27. The Morgan fingerprint density at radius 2 is 2.30 bits per heavy atom. The Morgan fingerprint density at radius 3 is 2.95 bits per heavy atom. The molecule has 1 amide bonds. The summed E-state index contributed by atoms with van der Waals surface area (Å²) in [6, 6.07) is 2.91. The predicted octanol–water partition coefficient (Wildman–Crippen LogP) is -0.126. The number of rotatable bonds is 2. The first-order valence-electron chi connectivity index (χ1n) is 6.27. The number of hydrogen-bond acceptors (Lipinski definition) is 5. The highest BCUT2D eigenvalue weighted by Gasteiger charge is 2.26. The van der Waals surface area contributed by atoms with Gasteiger partial charge in [0.1, 0.15) is 0 Å². The molecule has 1 aliphatic rings. The number of H-pyrrole nitrogens is 1. The van der Waals surface area contributed by atoms with Crippen LogP contribution < -0.4 is 5.56 Å². The molecule has 0 spiro atoms. The van der Waals surface area contributed by atoms with E-state index in [1.165, 1.54) is 0 Å². The minimum Gasteiger partial charge on any atom is -0.387 e. The van der Waals surface area contributed by atoms with Gasteiger partial charge in [0.15, 0.2) is 0 Å². The molecule has 3 rings (SSSR count). The first kappa shape index (κ1) is 12.7. The van der Waals surface area contributed by atoms with E-state index in [1.54, 1.807) is 22.6 Å². The van der Waals surface area contributed by atoms with E-state index in [0.717, 1.165) is 11.8 Å². The standard InChI is InChI=1S/C12H14N4O4/c1-7(17)9-4-8-6-15(2-3-16(8)13-9)12(19)10-5-11(18)14-20-10/h4-5,7,17H,2-3,6H2,1H3,(H,14,18)/t7-/m1/s1. The van der Waals surface area contributed by atoms with Gasteiger partial charge in [0.2, 0.25) is 5.76 Å². The number of nitrogens with zero attached hydrogens (tertiary/aromatic N) is 3. The zero-order chi connectivity index (χ0) is 14.3. The molecule has 2 aromatic heterocycles. The second-order valence-corrected chi connectivity index (χ2v) is 4.76. The summed E-state index contributed by atoms with van der Waals surface area (Å²) in [5.74, 6) is -0.340. The second kappa shape index (κ2) is 4.64. The molecule has 0 aliphatic carbocycles. The van der Waals surface area contributed by atoms with E-state index in [4.69, 9.17) is 4.52 Å². The number of aliphatic hydroxyl groups excluding tert-OH is 1. The Morgan fingerprint density at radius 1 is 1.50 bits per heavy atom. The summed E-state index contributed by atoms with van der Waals surface area (Å²) in [6.45, 7) is 3.03. The van der Waals surface area contributed by atoms with E-state index in [-0.39, 0.29) is 11.7 Å². The van der Waals surface area contributed by atoms with Crippen molar-refractivity contribution in [1.29, 1.82) is 0 Å². The minimum absolute atomic E-state index is 0.00119. The highest BCUT2D eigenvalue weighted by Crippen LogP contribution is 2.19. The van der Waals surface area contributed by atoms with Gasteiger partial charge in [-0.05, 0) is 13.0 Å². The molecule has 106 valence electrons. The van der Waals surface area contributed by atoms with Crippen LogP contribution in [0.2, 0.25) is 0 Å². The number of fused-ring (bicyclic) bond motifs is 1. The predicted molar refractivity (Wildman–Crippen MR) is 66.9 cm³/mol. The Bertz CT molecular complexity index is 696. The largest absolute Gasteiger partial charge is 0.387 e. The normalized spacial score (nSPS) is 16.0. The van der Waals surface area contributed by atoms with Crippen LogP contribution in [-0.4, -0.2) is 37.4 Å². The lowest BCUT2D eigenvalue weighted by atomic mass is 10.2. The van der Waals surface area contributed by atoms with E-state index in [2.05, 4.69) is 10.3 Å². The van der Waals surface area contributed by atoms with Crippen LogP contribution in [0.5, 0.6) is 0 Å². The van der Waals surface area contributed by atoms with Crippen molar-refractivity contribution >= 4 is 5.91 Å². The molecule has 1 aliphatic heterocycles. The lowest BCUT2D eigenvalue weighted by molar-refractivity contribution is 0.0663. The lowest BCUT2D eigenvalue weighted by Crippen LogP contribution is -2.38. The van der Waals surface area contributed by atoms with Crippen molar-refractivity contribution in [3.63, 3.8) is 0 Å². The molecule has 2 N–H and O–H groups in total. The third-order valence-corrected chi connectivity index (χ3v) is 3.27. The van der Waals surface area contributed by atoms with E-state index in [1.807, 2.05) is 0 Å². The Hall–Kier alpha value is -2.35. The first-order valence-corrected chi connectivity index (χ1v) is 6.27. The van der Waals surface area contributed by atoms with Crippen molar-refractivity contribution in [1.82, 2.24) is 19.8 Å². The fraction of sp³-hybridized carbons (Fsp3) is 0.417. The maximum Gasteiger partial charge on any atom is 0.292 e. The fourth-order valence-corrected chi connectivity index (χ4v) is 2.21. The summed E-state index contributed by atoms with van der Waals surface area (Å²) in [4.78, 5) is 24.7. The molecule has 0 fully saturated rings. The topological polar surface area (TPSA) is 104 Å². The summed E-state index contributed by atoms with van der Waals surface area (Å²) in [5.41, 5.74) is 0.993. The van der Waals surface area contributed by atoms with Gasteiger partial charge in [0.25, 0.3) is 11.5 Å². The molecule has 0 radical (unpaired) electrons. The number of aromatic nitrogens is 3. The van der Waals surface area contributed by atoms with Crippen LogP contribution in [0, 0.1) is 0 Å². The molecular weight excluding hydrogens is 264 g/mol. The van der Waals surface area contributed by atoms with Crippen LogP contribution in [0.3, 0.4) is 0 Å². The van der Waals surface area contributed by atoms with Gasteiger partial charge in [0, 0.05) is 6.54 Å². The van der Waals surface area contributed by atoms with Gasteiger partial charge >= 0.3 is 0 Å². The number of carbonyl (C=O) groups excluding carboxylic acids is 1. The van der Waals surface area contributed by atoms with Crippen molar-refractivity contribution in [2.75, 3.05) is 6.54 Å². The van der Waals surface area contributed by atoms with Gasteiger partial charge in [0.05, 0.1) is 36.6 Å². The summed E-state index contributed by atoms with van der Waals surface area (Å²) >= 11 is 0. The maximum atomic E-state index is 12.2. The van der Waals surface area contributed by atoms with E-state index in [9.17, 15) is 14.7 Å². The molecule has 0 bridgehead atoms. The first-order chi connectivity index (χ1) is 9.54. The number of aromatic amines is 1. The van der Waals surface area contributed by atoms with Gasteiger partial charge in [-0.3, -0.25) is 14.3 Å². The van der Waals surface area contributed by atoms with Crippen molar-refractivity contribution in [2.45, 2.75) is 26.1 Å². The average Bonchev–Trinajstić information content (AvgIpc) is 3.02. The Balaban J connectivity index is 1.81. The summed E-state index contributed by atoms with van der Waals surface area (Å²) < 4.78 is 6.60. The summed E-state index contributed by atoms with van der Waals surface area (Å²) in [6.07, 6.45) is -0.639. The smallest absolute Gasteiger partial charge is 0.292 e. The van der Waals surface area contributed by atoms with Crippen molar-refractivity contribution < 1.29 is 14.4 Å². The minimum atomic E-state index is -0.639. The maximum absolute atomic E-state index is 12.2. The molecule has 0 unspecified atom stereocenters. The van der Waals surface area contributed by atoms with Gasteiger partial charge in [-0.2, -0.15) is 10.3 Å². The van der Waals surface area contributed by atoms with Gasteiger partial charge in [-0.15, -0.1) is 0 Å². The lowest BCUT2D eigenvalue weighted by Gasteiger charge is -2.26. The van der Waals surface area contributed by atoms with Crippen LogP contribution >= 0.6 is 0 Å². The molecule has 8 nitrogen and oxygen atoms in total. The number of nitrogens with one attached hydrogen (secondary N) is 1. The Labute approximate surface area is 113 Å². The summed E-state index contributed by atoms with van der Waals surface area (Å²) in [5, 5.41) is 15.9. The van der Waals surface area contributed by atoms with Gasteiger partial charge < -0.3 is 14.5 Å². The monoisotopic (exact) mass is 278 g/mol. The molecule has 20 heavy (non-hydrogen) atoms. The van der Waals surface area contributed by atoms with Crippen LogP contribution in [0.4, 0.5) is 0 Å². The average molecular weight is 278 g/mol. The quantitative estimate of drug-likeness (QED) is 0.796. The van der Waals surface area contributed by atoms with Crippen LogP contribution in [0.15, 0.2) is 21.5 Å². The van der Waals surface area contributed by atoms with Crippen LogP contribution in [-0.2, 0) is 13.1 Å². The number of aliphatic hydroxyl groups is 1. The van der Waals surface area contributed by atoms with E-state index >= 15 is 0 Å². The van der Waals surface area contributed by atoms with Crippen LogP contribution in [0.25, 0.3) is 0 Å². The molecular formula is C12H14N4O4. The molecule has 0 saturated carbocycles. The van der Waals surface area contributed by atoms with Crippen LogP contribution in [0.1, 0.15) is 35.0 Å². The zero-order valence-electron chi connectivity index (χ0n) is 10.9. The highest BCUT2D eigenvalue weighted by molar-refractivity contribution is 5.91. The van der Waals surface area contributed by atoms with Gasteiger partial charge in [-0.25, -0.2) is 0 Å². The van der Waals surface area contributed by atoms with E-state index in [0.29, 0.717) is 25.3 Å². The molecule has 1 atom stereocenters. The summed E-state index contributed by atoms with van der Waals surface area (Å²) in [7, 11) is 0. The SMILES string of the molecule is C[C@@H](O)c1cc2n(n1)CCN(C(=O)c1cc(=O)[nH]o1)C2. The van der Waals surface area contributed by atoms with Crippen molar-refractivity contribution in [3.8, 4) is 0 Å². The molecule has 0 aromatic carbocycles. The van der Waals surface area contributed by atoms with Crippen molar-refractivity contribution in [2.24, 2.45) is 0 Å². The number of carbonyl (C=O) groups is 1. The molecule has 3 heterocycles. The Kier molecular flexibility index (Phi) is 2.94. The number of hydrogen-bond donors (Lipinski definition) is 2. The second-order valence-electron chi connectivity index (χ2n) is 4.76. The number of amides is 1. The van der Waals surface area contributed by atoms with Gasteiger partial charge in [-0.1, -0.05) is 0 Å². The van der Waals surface area contributed by atoms with E-state index < -0.39 is 11.7 Å².